The third kappa shape index (κ3) is 6.89. The highest BCUT2D eigenvalue weighted by Gasteiger charge is 2.48. The molecule has 4 saturated heterocycles. The Bertz CT molecular complexity index is 2200. The average Bonchev–Trinajstić information content (AvgIpc) is 3.77. The number of piperidine rings is 3. The summed E-state index contributed by atoms with van der Waals surface area (Å²) in [5.74, 6) is -2.59. The van der Waals surface area contributed by atoms with Crippen molar-refractivity contribution in [3.8, 4) is 0 Å². The number of nitrogens with zero attached hydrogens (tertiary/aromatic N) is 7. The van der Waals surface area contributed by atoms with Gasteiger partial charge in [-0.2, -0.15) is 18.3 Å². The van der Waals surface area contributed by atoms with E-state index < -0.39 is 58.5 Å². The lowest BCUT2D eigenvalue weighted by atomic mass is 9.70. The molecule has 1 aromatic heterocycles. The van der Waals surface area contributed by atoms with Gasteiger partial charge in [0.15, 0.2) is 5.69 Å². The highest BCUT2D eigenvalue weighted by atomic mass is 19.4. The number of rotatable bonds is 7. The van der Waals surface area contributed by atoms with E-state index in [1.165, 1.54) is 10.7 Å². The van der Waals surface area contributed by atoms with Crippen LogP contribution >= 0.6 is 0 Å². The lowest BCUT2D eigenvalue weighted by Crippen LogP contribution is -2.64. The quantitative estimate of drug-likeness (QED) is 0.255. The Morgan fingerprint density at radius 3 is 2.26 bits per heavy atom. The topological polar surface area (TPSA) is 145 Å². The van der Waals surface area contributed by atoms with Gasteiger partial charge in [0.05, 0.1) is 35.1 Å². The Hall–Kier alpha value is -5.76. The van der Waals surface area contributed by atoms with Gasteiger partial charge in [-0.15, -0.1) is 0 Å². The average molecular weight is 786 g/mol. The molecule has 0 bridgehead atoms. The smallest absolute Gasteiger partial charge is 0.371 e. The fourth-order valence-electron chi connectivity index (χ4n) is 8.88. The van der Waals surface area contributed by atoms with Crippen LogP contribution in [-0.4, -0.2) is 100 Å². The first kappa shape index (κ1) is 38.1. The summed E-state index contributed by atoms with van der Waals surface area (Å²) in [4.78, 5) is 74.8. The molecule has 3 aromatic rings. The van der Waals surface area contributed by atoms with Crippen LogP contribution < -0.4 is 20.4 Å². The summed E-state index contributed by atoms with van der Waals surface area (Å²) in [5, 5.41) is 9.24. The highest BCUT2D eigenvalue weighted by Crippen LogP contribution is 2.44. The van der Waals surface area contributed by atoms with Crippen LogP contribution in [0.25, 0.3) is 4.85 Å². The van der Waals surface area contributed by atoms with Crippen molar-refractivity contribution in [2.75, 3.05) is 54.4 Å². The van der Waals surface area contributed by atoms with Gasteiger partial charge in [-0.1, -0.05) is 6.07 Å². The molecule has 1 spiro atoms. The molecular formula is C40H42F3N9O5. The molecule has 0 aliphatic carbocycles. The van der Waals surface area contributed by atoms with Crippen molar-refractivity contribution in [3.05, 3.63) is 76.9 Å². The summed E-state index contributed by atoms with van der Waals surface area (Å²) in [7, 11) is 0. The zero-order valence-electron chi connectivity index (χ0n) is 31.6. The van der Waals surface area contributed by atoms with Gasteiger partial charge < -0.3 is 15.1 Å². The number of aromatic nitrogens is 2. The van der Waals surface area contributed by atoms with Gasteiger partial charge in [-0.3, -0.25) is 43.8 Å². The second kappa shape index (κ2) is 14.0. The van der Waals surface area contributed by atoms with Gasteiger partial charge in [0.2, 0.25) is 11.8 Å². The highest BCUT2D eigenvalue weighted by molar-refractivity contribution is 6.23. The maximum Gasteiger partial charge on any atom is 0.407 e. The molecule has 298 valence electrons. The van der Waals surface area contributed by atoms with E-state index in [0.717, 1.165) is 93.4 Å². The molecule has 2 aromatic carbocycles. The van der Waals surface area contributed by atoms with Crippen molar-refractivity contribution >= 4 is 52.3 Å². The third-order valence-corrected chi connectivity index (χ3v) is 12.4. The van der Waals surface area contributed by atoms with Crippen molar-refractivity contribution in [1.29, 1.82) is 0 Å². The van der Waals surface area contributed by atoms with Gasteiger partial charge in [0, 0.05) is 69.3 Å². The number of nitrogens with one attached hydrogen (secondary N) is 2. The molecule has 0 saturated carbocycles. The lowest BCUT2D eigenvalue weighted by molar-refractivity contribution is -0.137. The minimum atomic E-state index is -4.73. The number of halogens is 3. The summed E-state index contributed by atoms with van der Waals surface area (Å²) >= 11 is 0. The van der Waals surface area contributed by atoms with E-state index in [4.69, 9.17) is 6.57 Å². The number of benzene rings is 2. The van der Waals surface area contributed by atoms with Crippen molar-refractivity contribution in [2.24, 2.45) is 5.41 Å². The fraction of sp³-hybridized carbons (Fsp3) is 0.475. The minimum absolute atomic E-state index is 0.0577. The molecular weight excluding hydrogens is 743 g/mol. The van der Waals surface area contributed by atoms with Crippen LogP contribution in [0.3, 0.4) is 0 Å². The number of hydrogen-bond acceptors (Lipinski definition) is 9. The molecule has 0 radical (unpaired) electrons. The van der Waals surface area contributed by atoms with E-state index in [1.54, 1.807) is 38.4 Å². The molecule has 4 fully saturated rings. The number of amides is 5. The van der Waals surface area contributed by atoms with E-state index in [1.807, 2.05) is 6.07 Å². The van der Waals surface area contributed by atoms with Crippen LogP contribution in [0.1, 0.15) is 78.7 Å². The van der Waals surface area contributed by atoms with E-state index in [2.05, 4.69) is 35.3 Å². The van der Waals surface area contributed by atoms with E-state index >= 15 is 0 Å². The summed E-state index contributed by atoms with van der Waals surface area (Å²) in [6.45, 7) is 15.6. The largest absolute Gasteiger partial charge is 0.407 e. The number of imide groups is 2. The zero-order valence-corrected chi connectivity index (χ0v) is 31.6. The Morgan fingerprint density at radius 2 is 1.60 bits per heavy atom. The SMILES string of the molecule is [C-]#[N+]c1ccc(NC(=O)C(C)(C)n2cc(N3CCC(N4CC5(CCN(c6ccc7c(c6)C(=O)N(C6CCC(=O)NC6=O)C7=O)CC5)C4)CC3)cn2)cc1C(F)(F)F. The molecule has 1 unspecified atom stereocenters. The van der Waals surface area contributed by atoms with E-state index in [0.29, 0.717) is 6.04 Å². The number of anilines is 3. The van der Waals surface area contributed by atoms with Crippen LogP contribution in [0.4, 0.5) is 35.9 Å². The van der Waals surface area contributed by atoms with Crippen LogP contribution in [0.2, 0.25) is 0 Å². The lowest BCUT2D eigenvalue weighted by Gasteiger charge is -2.57. The van der Waals surface area contributed by atoms with Crippen LogP contribution in [0.15, 0.2) is 48.8 Å². The molecule has 5 amide bonds. The Labute approximate surface area is 326 Å². The number of likely N-dealkylation sites (tertiary alicyclic amines) is 1. The molecule has 1 atom stereocenters. The van der Waals surface area contributed by atoms with Crippen LogP contribution in [0, 0.1) is 12.0 Å². The molecule has 6 heterocycles. The van der Waals surface area contributed by atoms with Gasteiger partial charge >= 0.3 is 6.18 Å². The summed E-state index contributed by atoms with van der Waals surface area (Å²) in [5.41, 5.74) is -0.378. The molecule has 2 N–H and O–H groups in total. The second-order valence-corrected chi connectivity index (χ2v) is 16.3. The minimum Gasteiger partial charge on any atom is -0.371 e. The fourth-order valence-corrected chi connectivity index (χ4v) is 8.88. The van der Waals surface area contributed by atoms with E-state index in [-0.39, 0.29) is 35.1 Å². The summed E-state index contributed by atoms with van der Waals surface area (Å²) in [6, 6.07) is 7.85. The van der Waals surface area contributed by atoms with Gasteiger partial charge in [-0.05, 0) is 81.7 Å². The van der Waals surface area contributed by atoms with Crippen LogP contribution in [0.5, 0.6) is 0 Å². The predicted octanol–water partition coefficient (Wildman–Crippen LogP) is 4.80. The first-order chi connectivity index (χ1) is 27.1. The van der Waals surface area contributed by atoms with Gasteiger partial charge in [0.25, 0.3) is 17.7 Å². The number of carbonyl (C=O) groups excluding carboxylic acids is 5. The molecule has 14 nitrogen and oxygen atoms in total. The van der Waals surface area contributed by atoms with Crippen molar-refractivity contribution in [2.45, 2.75) is 76.2 Å². The summed E-state index contributed by atoms with van der Waals surface area (Å²) < 4.78 is 41.9. The number of fused-ring (bicyclic) bond motifs is 1. The summed E-state index contributed by atoms with van der Waals surface area (Å²) in [6.07, 6.45) is 2.91. The number of carbonyl (C=O) groups is 5. The first-order valence-corrected chi connectivity index (χ1v) is 19.1. The van der Waals surface area contributed by atoms with Gasteiger partial charge in [-0.25, -0.2) is 4.85 Å². The monoisotopic (exact) mass is 785 g/mol. The first-order valence-electron chi connectivity index (χ1n) is 19.1. The molecule has 17 heteroatoms. The third-order valence-electron chi connectivity index (χ3n) is 12.4. The van der Waals surface area contributed by atoms with Gasteiger partial charge in [0.1, 0.15) is 11.6 Å². The molecule has 8 rings (SSSR count). The second-order valence-electron chi connectivity index (χ2n) is 16.3. The molecule has 57 heavy (non-hydrogen) atoms. The Morgan fingerprint density at radius 1 is 0.912 bits per heavy atom. The Kier molecular flexibility index (Phi) is 9.37. The van der Waals surface area contributed by atoms with E-state index in [9.17, 15) is 37.1 Å². The molecule has 5 aliphatic rings. The predicted molar refractivity (Wildman–Crippen MR) is 202 cm³/mol. The maximum atomic E-state index is 13.5. The maximum absolute atomic E-state index is 13.5. The normalized spacial score (nSPS) is 21.7. The standard InChI is InChI=1S/C40H42F3N9O5/c1-38(2,37(57)46-24-4-7-31(44-3)30(18-24)40(41,42)43)51-21-27(20-45-51)48-14-10-25(11-15-48)50-22-39(23-50)12-16-49(17-13-39)26-5-6-28-29(19-26)36(56)52(35(28)55)32-8-9-33(53)47-34(32)54/h4-7,18-21,25,32H,8-17,22-23H2,1-2H3,(H,46,57)(H,47,53,54). The Balaban J connectivity index is 0.815. The number of alkyl halides is 3. The van der Waals surface area contributed by atoms with Crippen molar-refractivity contribution in [3.63, 3.8) is 0 Å². The number of hydrogen-bond donors (Lipinski definition) is 2. The van der Waals surface area contributed by atoms with Crippen LogP contribution in [-0.2, 0) is 26.1 Å². The molecule has 5 aliphatic heterocycles. The van der Waals surface area contributed by atoms with Crippen molar-refractivity contribution in [1.82, 2.24) is 24.9 Å². The van der Waals surface area contributed by atoms with Crippen molar-refractivity contribution < 1.29 is 37.1 Å². The zero-order chi connectivity index (χ0) is 40.4.